The molecule has 4 N–H and O–H groups in total. The molecule has 0 radical (unpaired) electrons. The number of carbonyl (C=O) groups is 2. The van der Waals surface area contributed by atoms with Crippen LogP contribution in [0, 0.1) is 0 Å². The van der Waals surface area contributed by atoms with E-state index in [2.05, 4.69) is 5.32 Å². The molecule has 98 valence electrons. The molecule has 3 amide bonds. The van der Waals surface area contributed by atoms with Crippen LogP contribution in [0.3, 0.4) is 0 Å². The lowest BCUT2D eigenvalue weighted by Crippen LogP contribution is -2.38. The van der Waals surface area contributed by atoms with Crippen LogP contribution in [-0.4, -0.2) is 25.6 Å². The molecule has 0 spiro atoms. The summed E-state index contributed by atoms with van der Waals surface area (Å²) in [6.45, 7) is 0.357. The molecule has 0 heterocycles. The van der Waals surface area contributed by atoms with Crippen molar-refractivity contribution in [3.63, 3.8) is 0 Å². The molecule has 1 rings (SSSR count). The first-order valence-corrected chi connectivity index (χ1v) is 5.56. The van der Waals surface area contributed by atoms with Crippen LogP contribution in [0.2, 0.25) is 5.02 Å². The first-order valence-electron chi connectivity index (χ1n) is 5.18. The van der Waals surface area contributed by atoms with E-state index in [1.807, 2.05) is 18.4 Å². The van der Waals surface area contributed by atoms with Crippen molar-refractivity contribution in [2.24, 2.45) is 5.73 Å². The zero-order chi connectivity index (χ0) is 13.5. The highest BCUT2D eigenvalue weighted by atomic mass is 35.5. The molecule has 0 saturated heterocycles. The Morgan fingerprint density at radius 3 is 2.72 bits per heavy atom. The lowest BCUT2D eigenvalue weighted by Gasteiger charge is -2.08. The third-order valence-electron chi connectivity index (χ3n) is 2.00. The van der Waals surface area contributed by atoms with Gasteiger partial charge >= 0.3 is 6.03 Å². The van der Waals surface area contributed by atoms with Gasteiger partial charge in [-0.2, -0.15) is 0 Å². The number of hydrogen-bond donors (Lipinski definition) is 3. The Morgan fingerprint density at radius 2 is 2.17 bits per heavy atom. The van der Waals surface area contributed by atoms with Crippen LogP contribution < -0.4 is 21.1 Å². The summed E-state index contributed by atoms with van der Waals surface area (Å²) in [5.41, 5.74) is 5.78. The lowest BCUT2D eigenvalue weighted by atomic mass is 10.2. The number of halogens is 1. The van der Waals surface area contributed by atoms with Crippen molar-refractivity contribution in [3.05, 3.63) is 28.8 Å². The molecule has 7 heteroatoms. The maximum absolute atomic E-state index is 11.1. The highest BCUT2D eigenvalue weighted by molar-refractivity contribution is 6.32. The standard InChI is InChI=1S/C11H14ClN3O3/c1-14-5-7-2-3-9(8(12)4-7)18-6-10(16)15-11(13)17/h2-4,14H,5-6H2,1H3,(H3,13,15,16,17). The Kier molecular flexibility index (Phi) is 5.41. The van der Waals surface area contributed by atoms with E-state index in [1.54, 1.807) is 12.1 Å². The molecular weight excluding hydrogens is 258 g/mol. The fourth-order valence-electron chi connectivity index (χ4n) is 1.29. The highest BCUT2D eigenvalue weighted by Crippen LogP contribution is 2.25. The quantitative estimate of drug-likeness (QED) is 0.732. The minimum absolute atomic E-state index is 0.325. The second-order valence-electron chi connectivity index (χ2n) is 3.50. The average molecular weight is 272 g/mol. The topological polar surface area (TPSA) is 93.4 Å². The minimum atomic E-state index is -0.918. The van der Waals surface area contributed by atoms with Gasteiger partial charge in [-0.15, -0.1) is 0 Å². The zero-order valence-corrected chi connectivity index (χ0v) is 10.6. The van der Waals surface area contributed by atoms with Crippen molar-refractivity contribution in [2.45, 2.75) is 6.54 Å². The summed E-state index contributed by atoms with van der Waals surface area (Å²) < 4.78 is 5.16. The second kappa shape index (κ2) is 6.83. The Balaban J connectivity index is 2.57. The predicted octanol–water partition coefficient (Wildman–Crippen LogP) is 0.633. The van der Waals surface area contributed by atoms with Crippen LogP contribution in [0.25, 0.3) is 0 Å². The van der Waals surface area contributed by atoms with Crippen molar-refractivity contribution in [1.29, 1.82) is 0 Å². The van der Waals surface area contributed by atoms with Crippen LogP contribution in [0.5, 0.6) is 5.75 Å². The summed E-state index contributed by atoms with van der Waals surface area (Å²) >= 11 is 5.98. The number of ether oxygens (including phenoxy) is 1. The smallest absolute Gasteiger partial charge is 0.318 e. The lowest BCUT2D eigenvalue weighted by molar-refractivity contribution is -0.121. The van der Waals surface area contributed by atoms with Crippen molar-refractivity contribution >= 4 is 23.5 Å². The minimum Gasteiger partial charge on any atom is -0.482 e. The maximum Gasteiger partial charge on any atom is 0.318 e. The van der Waals surface area contributed by atoms with Gasteiger partial charge in [-0.25, -0.2) is 4.79 Å². The summed E-state index contributed by atoms with van der Waals surface area (Å²) in [6, 6.07) is 4.30. The zero-order valence-electron chi connectivity index (χ0n) is 9.83. The normalized spacial score (nSPS) is 9.89. The van der Waals surface area contributed by atoms with Crippen LogP contribution in [0.15, 0.2) is 18.2 Å². The number of nitrogens with two attached hydrogens (primary N) is 1. The van der Waals surface area contributed by atoms with Gasteiger partial charge in [-0.3, -0.25) is 10.1 Å². The fourth-order valence-corrected chi connectivity index (χ4v) is 1.55. The number of hydrogen-bond acceptors (Lipinski definition) is 4. The van der Waals surface area contributed by atoms with Crippen molar-refractivity contribution in [2.75, 3.05) is 13.7 Å². The molecule has 1 aromatic rings. The Hall–Kier alpha value is -1.79. The number of carbonyl (C=O) groups excluding carboxylic acids is 2. The Morgan fingerprint density at radius 1 is 1.44 bits per heavy atom. The molecule has 1 aromatic carbocycles. The molecule has 0 fully saturated rings. The van der Waals surface area contributed by atoms with Gasteiger partial charge in [0.2, 0.25) is 0 Å². The van der Waals surface area contributed by atoms with Gasteiger partial charge < -0.3 is 15.8 Å². The Bertz CT molecular complexity index is 451. The molecule has 0 saturated carbocycles. The average Bonchev–Trinajstić information content (AvgIpc) is 2.27. The number of urea groups is 1. The van der Waals surface area contributed by atoms with Crippen LogP contribution in [0.4, 0.5) is 4.79 Å². The van der Waals surface area contributed by atoms with Crippen molar-refractivity contribution in [3.8, 4) is 5.75 Å². The molecule has 0 atom stereocenters. The van der Waals surface area contributed by atoms with Gasteiger partial charge in [0.25, 0.3) is 5.91 Å². The van der Waals surface area contributed by atoms with E-state index in [1.165, 1.54) is 0 Å². The monoisotopic (exact) mass is 271 g/mol. The predicted molar refractivity (Wildman–Crippen MR) is 67.4 cm³/mol. The fraction of sp³-hybridized carbons (Fsp3) is 0.273. The first kappa shape index (κ1) is 14.3. The van der Waals surface area contributed by atoms with E-state index in [9.17, 15) is 9.59 Å². The van der Waals surface area contributed by atoms with E-state index < -0.39 is 11.9 Å². The number of primary amides is 1. The summed E-state index contributed by atoms with van der Waals surface area (Å²) in [5.74, 6) is -0.256. The molecule has 0 bridgehead atoms. The summed E-state index contributed by atoms with van der Waals surface area (Å²) in [4.78, 5) is 21.5. The van der Waals surface area contributed by atoms with E-state index >= 15 is 0 Å². The molecule has 0 aromatic heterocycles. The summed E-state index contributed by atoms with van der Waals surface area (Å²) in [6.07, 6.45) is 0. The number of imide groups is 1. The van der Waals surface area contributed by atoms with E-state index in [0.29, 0.717) is 17.3 Å². The maximum atomic E-state index is 11.1. The SMILES string of the molecule is CNCc1ccc(OCC(=O)NC(N)=O)c(Cl)c1. The molecule has 0 unspecified atom stereocenters. The third-order valence-corrected chi connectivity index (χ3v) is 2.29. The number of nitrogens with one attached hydrogen (secondary N) is 2. The van der Waals surface area contributed by atoms with E-state index in [4.69, 9.17) is 22.1 Å². The van der Waals surface area contributed by atoms with Gasteiger partial charge in [0.05, 0.1) is 5.02 Å². The highest BCUT2D eigenvalue weighted by Gasteiger charge is 2.08. The number of benzene rings is 1. The molecule has 0 aliphatic heterocycles. The van der Waals surface area contributed by atoms with Gasteiger partial charge in [-0.05, 0) is 24.7 Å². The molecule has 6 nitrogen and oxygen atoms in total. The second-order valence-corrected chi connectivity index (χ2v) is 3.90. The number of amides is 3. The van der Waals surface area contributed by atoms with Crippen LogP contribution >= 0.6 is 11.6 Å². The summed E-state index contributed by atoms with van der Waals surface area (Å²) in [7, 11) is 1.83. The van der Waals surface area contributed by atoms with Gasteiger partial charge in [-0.1, -0.05) is 17.7 Å². The van der Waals surface area contributed by atoms with E-state index in [-0.39, 0.29) is 6.61 Å². The summed E-state index contributed by atoms with van der Waals surface area (Å²) in [5, 5.41) is 5.27. The molecular formula is C11H14ClN3O3. The van der Waals surface area contributed by atoms with Gasteiger partial charge in [0.1, 0.15) is 5.75 Å². The molecule has 0 aliphatic rings. The van der Waals surface area contributed by atoms with Crippen molar-refractivity contribution in [1.82, 2.24) is 10.6 Å². The first-order chi connectivity index (χ1) is 8.52. The van der Waals surface area contributed by atoms with Crippen molar-refractivity contribution < 1.29 is 14.3 Å². The van der Waals surface area contributed by atoms with Gasteiger partial charge in [0, 0.05) is 6.54 Å². The molecule has 18 heavy (non-hydrogen) atoms. The van der Waals surface area contributed by atoms with E-state index in [0.717, 1.165) is 5.56 Å². The number of rotatable bonds is 5. The van der Waals surface area contributed by atoms with Crippen LogP contribution in [0.1, 0.15) is 5.56 Å². The van der Waals surface area contributed by atoms with Crippen LogP contribution in [-0.2, 0) is 11.3 Å². The largest absolute Gasteiger partial charge is 0.482 e. The Labute approximate surface area is 109 Å². The molecule has 0 aliphatic carbocycles. The van der Waals surface area contributed by atoms with Gasteiger partial charge in [0.15, 0.2) is 6.61 Å². The third kappa shape index (κ3) is 4.60.